The van der Waals surface area contributed by atoms with Crippen LogP contribution in [0, 0.1) is 0 Å². The van der Waals surface area contributed by atoms with Crippen molar-refractivity contribution in [2.24, 2.45) is 0 Å². The van der Waals surface area contributed by atoms with Gasteiger partial charge in [-0.2, -0.15) is 0 Å². The van der Waals surface area contributed by atoms with E-state index in [-0.39, 0.29) is 0 Å². The Balaban J connectivity index is 1.58. The second kappa shape index (κ2) is 6.47. The fraction of sp³-hybridized carbons (Fsp3) is 0.750. The van der Waals surface area contributed by atoms with Crippen molar-refractivity contribution in [3.8, 4) is 0 Å². The summed E-state index contributed by atoms with van der Waals surface area (Å²) in [6.07, 6.45) is 3.90. The number of thiazole rings is 1. The number of anilines is 1. The molecular formula is C12H22N4OS. The zero-order valence-electron chi connectivity index (χ0n) is 10.6. The van der Waals surface area contributed by atoms with Crippen molar-refractivity contribution in [2.75, 3.05) is 31.9 Å². The molecule has 1 fully saturated rings. The quantitative estimate of drug-likeness (QED) is 0.561. The maximum atomic E-state index is 10.2. The van der Waals surface area contributed by atoms with Crippen LogP contribution >= 0.6 is 11.3 Å². The van der Waals surface area contributed by atoms with E-state index >= 15 is 0 Å². The average molecular weight is 270 g/mol. The average Bonchev–Trinajstić information content (AvgIpc) is 2.75. The van der Waals surface area contributed by atoms with E-state index in [1.54, 1.807) is 0 Å². The molecule has 1 aromatic rings. The molecule has 2 rings (SSSR count). The lowest BCUT2D eigenvalue weighted by atomic mass is 9.94. The first-order chi connectivity index (χ1) is 8.68. The van der Waals surface area contributed by atoms with Crippen molar-refractivity contribution >= 4 is 16.5 Å². The molecule has 1 atom stereocenters. The number of nitrogens with two attached hydrogens (primary N) is 1. The molecule has 0 aliphatic carbocycles. The molecule has 0 spiro atoms. The van der Waals surface area contributed by atoms with E-state index in [0.29, 0.717) is 18.2 Å². The molecule has 18 heavy (non-hydrogen) atoms. The van der Waals surface area contributed by atoms with Crippen molar-refractivity contribution in [3.63, 3.8) is 0 Å². The molecule has 2 heterocycles. The Labute approximate surface area is 112 Å². The van der Waals surface area contributed by atoms with Gasteiger partial charge in [0.2, 0.25) is 0 Å². The van der Waals surface area contributed by atoms with Gasteiger partial charge in [-0.1, -0.05) is 0 Å². The normalized spacial score (nSPS) is 24.3. The number of nitrogens with zero attached hydrogens (tertiary/aromatic N) is 1. The summed E-state index contributed by atoms with van der Waals surface area (Å²) in [6, 6.07) is 0. The van der Waals surface area contributed by atoms with Crippen molar-refractivity contribution in [1.82, 2.24) is 15.6 Å². The number of piperidine rings is 1. The summed E-state index contributed by atoms with van der Waals surface area (Å²) in [5.41, 5.74) is 6.08. The van der Waals surface area contributed by atoms with Crippen LogP contribution in [0.5, 0.6) is 0 Å². The molecule has 5 nitrogen and oxygen atoms in total. The van der Waals surface area contributed by atoms with Gasteiger partial charge in [0.1, 0.15) is 0 Å². The topological polar surface area (TPSA) is 83.2 Å². The molecule has 0 radical (unpaired) electrons. The highest BCUT2D eigenvalue weighted by atomic mass is 32.1. The number of aromatic nitrogens is 1. The van der Waals surface area contributed by atoms with Crippen molar-refractivity contribution < 1.29 is 5.11 Å². The molecular weight excluding hydrogens is 248 g/mol. The van der Waals surface area contributed by atoms with E-state index in [1.165, 1.54) is 11.3 Å². The number of aliphatic hydroxyl groups is 1. The van der Waals surface area contributed by atoms with Crippen LogP contribution in [0.3, 0.4) is 0 Å². The Kier molecular flexibility index (Phi) is 4.94. The Hall–Kier alpha value is -0.690. The second-order valence-electron chi connectivity index (χ2n) is 4.96. The molecule has 0 amide bonds. The first-order valence-electron chi connectivity index (χ1n) is 6.52. The van der Waals surface area contributed by atoms with Gasteiger partial charge >= 0.3 is 0 Å². The monoisotopic (exact) mass is 270 g/mol. The lowest BCUT2D eigenvalue weighted by Crippen LogP contribution is -2.52. The molecule has 102 valence electrons. The van der Waals surface area contributed by atoms with Gasteiger partial charge in [-0.3, -0.25) is 0 Å². The lowest BCUT2D eigenvalue weighted by molar-refractivity contribution is 0.0173. The van der Waals surface area contributed by atoms with Crippen LogP contribution in [-0.4, -0.2) is 41.9 Å². The Morgan fingerprint density at radius 1 is 1.61 bits per heavy atom. The third kappa shape index (κ3) is 4.20. The summed E-state index contributed by atoms with van der Waals surface area (Å²) >= 11 is 1.49. The number of hydrogen-bond donors (Lipinski definition) is 4. The summed E-state index contributed by atoms with van der Waals surface area (Å²) in [6.45, 7) is 3.29. The Morgan fingerprint density at radius 3 is 3.17 bits per heavy atom. The minimum Gasteiger partial charge on any atom is -0.387 e. The molecule has 1 aliphatic rings. The molecule has 0 bridgehead atoms. The predicted octanol–water partition coefficient (Wildman–Crippen LogP) is 0.362. The van der Waals surface area contributed by atoms with Crippen LogP contribution in [-0.2, 0) is 6.42 Å². The van der Waals surface area contributed by atoms with Gasteiger partial charge in [0.05, 0.1) is 11.3 Å². The van der Waals surface area contributed by atoms with Gasteiger partial charge in [0, 0.05) is 18.5 Å². The highest BCUT2D eigenvalue weighted by Gasteiger charge is 2.28. The SMILES string of the molecule is Nc1nc(CCCNC[C@]2(O)CCCNC2)cs1. The fourth-order valence-corrected chi connectivity index (χ4v) is 2.85. The summed E-state index contributed by atoms with van der Waals surface area (Å²) < 4.78 is 0. The van der Waals surface area contributed by atoms with Gasteiger partial charge in [-0.15, -0.1) is 11.3 Å². The smallest absolute Gasteiger partial charge is 0.180 e. The number of rotatable bonds is 6. The Bertz CT molecular complexity index is 363. The van der Waals surface area contributed by atoms with Crippen LogP contribution in [0.2, 0.25) is 0 Å². The molecule has 6 heteroatoms. The van der Waals surface area contributed by atoms with E-state index < -0.39 is 5.60 Å². The fourth-order valence-electron chi connectivity index (χ4n) is 2.26. The standard InChI is InChI=1S/C12H22N4OS/c13-11-16-10(7-18-11)3-1-5-14-8-12(17)4-2-6-15-9-12/h7,14-15,17H,1-6,8-9H2,(H2,13,16)/t12-/m1/s1. The second-order valence-corrected chi connectivity index (χ2v) is 5.85. The minimum absolute atomic E-state index is 0.566. The molecule has 0 saturated carbocycles. The van der Waals surface area contributed by atoms with E-state index in [0.717, 1.165) is 44.5 Å². The van der Waals surface area contributed by atoms with Gasteiger partial charge in [0.25, 0.3) is 0 Å². The number of nitrogens with one attached hydrogen (secondary N) is 2. The number of nitrogen functional groups attached to an aromatic ring is 1. The first-order valence-corrected chi connectivity index (χ1v) is 7.40. The number of hydrogen-bond acceptors (Lipinski definition) is 6. The molecule has 1 aromatic heterocycles. The third-order valence-electron chi connectivity index (χ3n) is 3.26. The summed E-state index contributed by atoms with van der Waals surface area (Å²) in [5, 5.41) is 19.4. The molecule has 1 aliphatic heterocycles. The highest BCUT2D eigenvalue weighted by molar-refractivity contribution is 7.13. The van der Waals surface area contributed by atoms with Gasteiger partial charge < -0.3 is 21.5 Å². The van der Waals surface area contributed by atoms with Crippen LogP contribution in [0.25, 0.3) is 0 Å². The van der Waals surface area contributed by atoms with Gasteiger partial charge in [0.15, 0.2) is 5.13 Å². The zero-order valence-corrected chi connectivity index (χ0v) is 11.4. The minimum atomic E-state index is -0.566. The predicted molar refractivity (Wildman–Crippen MR) is 74.8 cm³/mol. The largest absolute Gasteiger partial charge is 0.387 e. The number of aryl methyl sites for hydroxylation is 1. The van der Waals surface area contributed by atoms with Gasteiger partial charge in [-0.25, -0.2) is 4.98 Å². The third-order valence-corrected chi connectivity index (χ3v) is 3.98. The van der Waals surface area contributed by atoms with E-state index in [1.807, 2.05) is 5.38 Å². The van der Waals surface area contributed by atoms with Crippen molar-refractivity contribution in [2.45, 2.75) is 31.3 Å². The van der Waals surface area contributed by atoms with E-state index in [9.17, 15) is 5.11 Å². The van der Waals surface area contributed by atoms with Crippen LogP contribution < -0.4 is 16.4 Å². The highest BCUT2D eigenvalue weighted by Crippen LogP contribution is 2.15. The van der Waals surface area contributed by atoms with Gasteiger partial charge in [-0.05, 0) is 38.8 Å². The van der Waals surface area contributed by atoms with Crippen molar-refractivity contribution in [3.05, 3.63) is 11.1 Å². The van der Waals surface area contributed by atoms with Crippen LogP contribution in [0.15, 0.2) is 5.38 Å². The molecule has 0 aromatic carbocycles. The number of β-amino-alcohol motifs (C(OH)–C–C–N with tert-alkyl or cyclic N) is 1. The maximum absolute atomic E-state index is 10.2. The molecule has 1 saturated heterocycles. The summed E-state index contributed by atoms with van der Waals surface area (Å²) in [7, 11) is 0. The van der Waals surface area contributed by atoms with E-state index in [2.05, 4.69) is 15.6 Å². The van der Waals surface area contributed by atoms with Crippen molar-refractivity contribution in [1.29, 1.82) is 0 Å². The molecule has 5 N–H and O–H groups in total. The summed E-state index contributed by atoms with van der Waals surface area (Å²) in [4.78, 5) is 4.22. The summed E-state index contributed by atoms with van der Waals surface area (Å²) in [5.74, 6) is 0. The van der Waals surface area contributed by atoms with Crippen LogP contribution in [0.1, 0.15) is 25.0 Å². The zero-order chi connectivity index (χ0) is 12.8. The van der Waals surface area contributed by atoms with E-state index in [4.69, 9.17) is 5.73 Å². The maximum Gasteiger partial charge on any atom is 0.180 e. The first kappa shape index (κ1) is 13.7. The molecule has 0 unspecified atom stereocenters. The van der Waals surface area contributed by atoms with Crippen LogP contribution in [0.4, 0.5) is 5.13 Å². The lowest BCUT2D eigenvalue weighted by Gasteiger charge is -2.32. The Morgan fingerprint density at radius 2 is 2.50 bits per heavy atom.